The van der Waals surface area contributed by atoms with Crippen LogP contribution in [0.5, 0.6) is 0 Å². The summed E-state index contributed by atoms with van der Waals surface area (Å²) in [4.78, 5) is 52.3. The predicted octanol–water partition coefficient (Wildman–Crippen LogP) is 6.52. The maximum atomic E-state index is 15.4. The lowest BCUT2D eigenvalue weighted by Gasteiger charge is -2.37. The molecule has 63 heavy (non-hydrogen) atoms. The predicted molar refractivity (Wildman–Crippen MR) is 238 cm³/mol. The Hall–Kier alpha value is -6.33. The van der Waals surface area contributed by atoms with Crippen molar-refractivity contribution in [1.82, 2.24) is 28.7 Å². The number of rotatable bonds is 8. The number of fused-ring (bicyclic) bond motifs is 1. The molecule has 3 N–H and O–H groups in total. The number of aromatic nitrogens is 5. The van der Waals surface area contributed by atoms with Gasteiger partial charge in [-0.2, -0.15) is 0 Å². The van der Waals surface area contributed by atoms with Gasteiger partial charge in [0.1, 0.15) is 22.9 Å². The number of amides is 1. The molecule has 2 aliphatic heterocycles. The first-order valence-corrected chi connectivity index (χ1v) is 23.0. The lowest BCUT2D eigenvalue weighted by molar-refractivity contribution is 0.0697. The largest absolute Gasteiger partial charge is 0.438 e. The van der Waals surface area contributed by atoms with E-state index in [9.17, 15) is 18.2 Å². The standard InChI is InChI=1S/C46H50FN9O6S/c1-26-21-33(22-27(2)40(26)47)50-41(55-18-17-54(45(55)59)34-8-10-35(11-9-34)63(6,60)49-5)39-29(4)53(16-13-36(39)48)42(57)38-24-32-23-31(30-14-19-61-20-15-30)7-12-37(32)56(38)46(25-28(46)3)43-51-44(58)62-52-43/h7-12,17-18,21-24,28-30H,13-16,19-20,25,48H2,1-6H3,(H,51,52,58)/t28-,29-,46-,63?/m0/s1. The summed E-state index contributed by atoms with van der Waals surface area (Å²) in [5, 5.41) is 5.03. The van der Waals surface area contributed by atoms with E-state index in [1.54, 1.807) is 73.8 Å². The molecule has 4 atom stereocenters. The molecule has 1 amide bonds. The second-order valence-corrected chi connectivity index (χ2v) is 19.5. The highest BCUT2D eigenvalue weighted by atomic mass is 32.2. The Morgan fingerprint density at radius 3 is 2.35 bits per heavy atom. The summed E-state index contributed by atoms with van der Waals surface area (Å²) < 4.78 is 47.4. The van der Waals surface area contributed by atoms with Gasteiger partial charge in [-0.05, 0) is 123 Å². The van der Waals surface area contributed by atoms with Gasteiger partial charge in [-0.3, -0.25) is 23.4 Å². The normalized spacial score (nSPS) is 21.8. The second kappa shape index (κ2) is 15.8. The zero-order valence-corrected chi connectivity index (χ0v) is 36.9. The average molecular weight is 876 g/mol. The lowest BCUT2D eigenvalue weighted by atomic mass is 9.91. The van der Waals surface area contributed by atoms with Crippen molar-refractivity contribution in [3.8, 4) is 5.69 Å². The number of nitrogens with one attached hydrogen (secondary N) is 1. The van der Waals surface area contributed by atoms with Crippen LogP contribution in [0.15, 0.2) is 113 Å². The summed E-state index contributed by atoms with van der Waals surface area (Å²) in [5.74, 6) is -0.477. The van der Waals surface area contributed by atoms with E-state index < -0.39 is 32.8 Å². The molecule has 0 spiro atoms. The quantitative estimate of drug-likeness (QED) is 0.128. The monoisotopic (exact) mass is 875 g/mol. The van der Waals surface area contributed by atoms with Crippen LogP contribution in [0.4, 0.5) is 10.1 Å². The van der Waals surface area contributed by atoms with E-state index >= 15 is 4.79 Å². The number of nitrogens with zero attached hydrogens (tertiary/aromatic N) is 7. The molecule has 3 aromatic carbocycles. The minimum Gasteiger partial charge on any atom is -0.402 e. The highest BCUT2D eigenvalue weighted by Crippen LogP contribution is 2.56. The number of aromatic amines is 1. The first kappa shape index (κ1) is 42.0. The SMILES string of the molecule is CN=S(C)(=O)c1ccc(-n2ccn(C(=Nc3cc(C)c(F)c(C)c3)C3=C(N)CCN(C(=O)c4cc5cc(C6CCOCC6)ccc5n4[C@@]4(c5noc(=O)[nH]5)C[C@@H]4C)[C@H]3C)c2=O)cc1. The molecular weight excluding hydrogens is 826 g/mol. The molecule has 2 fully saturated rings. The molecular formula is C46H50FN9O6S. The fourth-order valence-corrected chi connectivity index (χ4v) is 10.3. The fourth-order valence-electron chi connectivity index (χ4n) is 9.48. The number of hydrogen-bond acceptors (Lipinski definition) is 10. The Bertz CT molecular complexity index is 3100. The number of aliphatic imine (C=N–C) groups is 1. The molecule has 0 bridgehead atoms. The zero-order valence-electron chi connectivity index (χ0n) is 36.1. The van der Waals surface area contributed by atoms with Gasteiger partial charge in [-0.15, -0.1) is 0 Å². The number of halogens is 1. The van der Waals surface area contributed by atoms with Crippen LogP contribution < -0.4 is 17.2 Å². The van der Waals surface area contributed by atoms with Crippen LogP contribution in [0.25, 0.3) is 16.6 Å². The van der Waals surface area contributed by atoms with Crippen LogP contribution in [-0.2, 0) is 20.0 Å². The Balaban J connectivity index is 1.16. The number of ether oxygens (including phenoxy) is 1. The van der Waals surface area contributed by atoms with Gasteiger partial charge in [-0.25, -0.2) is 27.5 Å². The van der Waals surface area contributed by atoms with E-state index in [1.165, 1.54) is 21.7 Å². The molecule has 1 saturated heterocycles. The van der Waals surface area contributed by atoms with E-state index in [1.807, 2.05) is 23.6 Å². The number of aryl methyl sites for hydroxylation is 2. The van der Waals surface area contributed by atoms with Crippen LogP contribution in [0.1, 0.15) is 78.5 Å². The average Bonchev–Trinajstić information content (AvgIpc) is 3.59. The van der Waals surface area contributed by atoms with Gasteiger partial charge in [0.25, 0.3) is 5.91 Å². The molecule has 3 aliphatic rings. The molecule has 0 radical (unpaired) electrons. The van der Waals surface area contributed by atoms with Crippen LogP contribution >= 0.6 is 0 Å². The Morgan fingerprint density at radius 1 is 1.02 bits per heavy atom. The van der Waals surface area contributed by atoms with E-state index in [0.29, 0.717) is 75.7 Å². The molecule has 1 saturated carbocycles. The molecule has 17 heteroatoms. The van der Waals surface area contributed by atoms with Gasteiger partial charge in [0.05, 0.1) is 27.1 Å². The summed E-state index contributed by atoms with van der Waals surface area (Å²) in [6, 6.07) is 17.5. The topological polar surface area (TPSA) is 188 Å². The third kappa shape index (κ3) is 7.16. The van der Waals surface area contributed by atoms with E-state index in [4.69, 9.17) is 20.0 Å². The summed E-state index contributed by atoms with van der Waals surface area (Å²) in [7, 11) is -1.10. The molecule has 3 aromatic heterocycles. The van der Waals surface area contributed by atoms with Gasteiger partial charge in [0, 0.05) is 78.9 Å². The molecule has 15 nitrogen and oxygen atoms in total. The molecule has 1 aliphatic carbocycles. The number of carbonyl (C=O) groups is 1. The van der Waals surface area contributed by atoms with E-state index in [-0.39, 0.29) is 36.4 Å². The van der Waals surface area contributed by atoms with Crippen molar-refractivity contribution in [3.63, 3.8) is 0 Å². The van der Waals surface area contributed by atoms with Crippen molar-refractivity contribution in [1.29, 1.82) is 0 Å². The van der Waals surface area contributed by atoms with Crippen molar-refractivity contribution in [2.75, 3.05) is 33.1 Å². The fraction of sp³-hybridized carbons (Fsp3) is 0.370. The Kier molecular flexibility index (Phi) is 10.5. The number of nitrogens with two attached hydrogens (primary N) is 1. The number of benzene rings is 3. The van der Waals surface area contributed by atoms with Crippen LogP contribution in [-0.4, -0.2) is 83.8 Å². The van der Waals surface area contributed by atoms with Crippen molar-refractivity contribution in [2.45, 2.75) is 75.8 Å². The molecule has 328 valence electrons. The van der Waals surface area contributed by atoms with Gasteiger partial charge in [0.2, 0.25) is 0 Å². The van der Waals surface area contributed by atoms with Gasteiger partial charge in [-0.1, -0.05) is 18.1 Å². The minimum absolute atomic E-state index is 0.00152. The minimum atomic E-state index is -2.60. The summed E-state index contributed by atoms with van der Waals surface area (Å²) in [5.41, 5.74) is 10.5. The molecule has 1 unspecified atom stereocenters. The van der Waals surface area contributed by atoms with Crippen LogP contribution in [0, 0.1) is 25.6 Å². The van der Waals surface area contributed by atoms with Gasteiger partial charge < -0.3 is 19.9 Å². The summed E-state index contributed by atoms with van der Waals surface area (Å²) in [6.07, 6.45) is 7.42. The lowest BCUT2D eigenvalue weighted by Crippen LogP contribution is -2.49. The third-order valence-electron chi connectivity index (χ3n) is 13.2. The number of H-pyrrole nitrogens is 1. The first-order valence-electron chi connectivity index (χ1n) is 21.1. The smallest absolute Gasteiger partial charge is 0.402 e. The van der Waals surface area contributed by atoms with Crippen molar-refractivity contribution in [2.24, 2.45) is 21.0 Å². The van der Waals surface area contributed by atoms with Crippen molar-refractivity contribution >= 4 is 38.1 Å². The van der Waals surface area contributed by atoms with E-state index in [2.05, 4.69) is 33.6 Å². The third-order valence-corrected chi connectivity index (χ3v) is 15.0. The Labute approximate surface area is 363 Å². The summed E-state index contributed by atoms with van der Waals surface area (Å²) in [6.45, 7) is 8.86. The van der Waals surface area contributed by atoms with Crippen LogP contribution in [0.3, 0.4) is 0 Å². The molecule has 9 rings (SSSR count). The highest BCUT2D eigenvalue weighted by Gasteiger charge is 2.59. The van der Waals surface area contributed by atoms with Gasteiger partial charge in [0.15, 0.2) is 5.82 Å². The molecule has 6 aromatic rings. The molecule has 5 heterocycles. The Morgan fingerprint density at radius 2 is 1.71 bits per heavy atom. The van der Waals surface area contributed by atoms with Gasteiger partial charge >= 0.3 is 11.4 Å². The number of carbonyl (C=O) groups excluding carboxylic acids is 1. The number of imidazole rings is 1. The first-order chi connectivity index (χ1) is 30.1. The highest BCUT2D eigenvalue weighted by molar-refractivity contribution is 7.93. The summed E-state index contributed by atoms with van der Waals surface area (Å²) >= 11 is 0. The van der Waals surface area contributed by atoms with E-state index in [0.717, 1.165) is 23.7 Å². The zero-order chi connectivity index (χ0) is 44.5. The number of hydrogen-bond donors (Lipinski definition) is 2. The maximum Gasteiger partial charge on any atom is 0.438 e. The van der Waals surface area contributed by atoms with Crippen molar-refractivity contribution < 1.29 is 22.7 Å². The van der Waals surface area contributed by atoms with Crippen LogP contribution in [0.2, 0.25) is 0 Å². The second-order valence-electron chi connectivity index (χ2n) is 17.0. The van der Waals surface area contributed by atoms with Crippen molar-refractivity contribution in [3.05, 3.63) is 139 Å². The maximum absolute atomic E-state index is 15.4.